The highest BCUT2D eigenvalue weighted by Gasteiger charge is 2.65. The maximum Gasteiger partial charge on any atom is 0.448 e. The van der Waals surface area contributed by atoms with Crippen molar-refractivity contribution in [3.63, 3.8) is 0 Å². The van der Waals surface area contributed by atoms with Gasteiger partial charge in [-0.05, 0) is 19.1 Å². The summed E-state index contributed by atoms with van der Waals surface area (Å²) in [6, 6.07) is 6.80. The second-order valence-electron chi connectivity index (χ2n) is 5.76. The number of benzene rings is 1. The molecule has 0 bridgehead atoms. The molecule has 0 spiro atoms. The van der Waals surface area contributed by atoms with E-state index in [1.165, 1.54) is 30.8 Å². The van der Waals surface area contributed by atoms with E-state index in [0.29, 0.717) is 13.7 Å². The van der Waals surface area contributed by atoms with Crippen LogP contribution in [0.5, 0.6) is 0 Å². The fourth-order valence-electron chi connectivity index (χ4n) is 2.40. The Hall–Kier alpha value is -2.27. The summed E-state index contributed by atoms with van der Waals surface area (Å²) in [7, 11) is 0.668. The molecule has 0 unspecified atom stereocenters. The van der Waals surface area contributed by atoms with Gasteiger partial charge in [0.15, 0.2) is 5.17 Å². The zero-order valence-corrected chi connectivity index (χ0v) is 16.3. The quantitative estimate of drug-likeness (QED) is 0.586. The highest BCUT2D eigenvalue weighted by atomic mass is 32.2. The minimum atomic E-state index is -5.26. The van der Waals surface area contributed by atoms with Crippen LogP contribution in [0.25, 0.3) is 0 Å². The number of carbonyl (C=O) groups is 2. The Kier molecular flexibility index (Phi) is 6.94. The Morgan fingerprint density at radius 1 is 1.32 bits per heavy atom. The van der Waals surface area contributed by atoms with Gasteiger partial charge >= 0.3 is 23.9 Å². The molecule has 0 aromatic heterocycles. The lowest BCUT2D eigenvalue weighted by atomic mass is 10.2. The Bertz CT molecular complexity index is 745. The third kappa shape index (κ3) is 4.41. The molecule has 1 aliphatic heterocycles. The van der Waals surface area contributed by atoms with Gasteiger partial charge in [0, 0.05) is 12.4 Å². The van der Waals surface area contributed by atoms with E-state index in [1.807, 2.05) is 6.92 Å². The number of para-hydroxylation sites is 1. The molecule has 0 aliphatic carbocycles. The number of amides is 2. The smallest absolute Gasteiger partial charge is 0.448 e. The fourth-order valence-corrected chi connectivity index (χ4v) is 3.35. The number of amidine groups is 1. The molecule has 2 rings (SSSR count). The van der Waals surface area contributed by atoms with Gasteiger partial charge in [-0.1, -0.05) is 36.9 Å². The first-order chi connectivity index (χ1) is 13.2. The number of methoxy groups -OCH3 is 1. The molecule has 1 heterocycles. The summed E-state index contributed by atoms with van der Waals surface area (Å²) in [5.41, 5.74) is -3.36. The fraction of sp³-hybridized carbons (Fsp3) is 0.471. The molecule has 0 saturated carbocycles. The molecule has 7 nitrogen and oxygen atoms in total. The van der Waals surface area contributed by atoms with E-state index >= 15 is 0 Å². The van der Waals surface area contributed by atoms with E-state index in [-0.39, 0.29) is 22.7 Å². The van der Waals surface area contributed by atoms with Crippen LogP contribution in [0, 0.1) is 0 Å². The van der Waals surface area contributed by atoms with Crippen LogP contribution in [0.1, 0.15) is 13.8 Å². The minimum Gasteiger partial charge on any atom is -0.462 e. The van der Waals surface area contributed by atoms with Crippen LogP contribution in [0.3, 0.4) is 0 Å². The van der Waals surface area contributed by atoms with Gasteiger partial charge in [0.1, 0.15) is 0 Å². The number of nitrogens with one attached hydrogen (secondary N) is 1. The van der Waals surface area contributed by atoms with E-state index in [4.69, 9.17) is 0 Å². The number of ether oxygens (including phenoxy) is 2. The van der Waals surface area contributed by atoms with Crippen molar-refractivity contribution < 1.29 is 32.2 Å². The van der Waals surface area contributed by atoms with Crippen molar-refractivity contribution in [1.29, 1.82) is 0 Å². The summed E-state index contributed by atoms with van der Waals surface area (Å²) >= 11 is 1.23. The molecule has 1 N–H and O–H groups in total. The van der Waals surface area contributed by atoms with Crippen molar-refractivity contribution >= 4 is 34.6 Å². The molecule has 0 radical (unpaired) electrons. The normalized spacial score (nSPS) is 18.8. The molecular weight excluding hydrogens is 399 g/mol. The Morgan fingerprint density at radius 3 is 2.43 bits per heavy atom. The van der Waals surface area contributed by atoms with Crippen molar-refractivity contribution in [2.45, 2.75) is 31.0 Å². The summed E-state index contributed by atoms with van der Waals surface area (Å²) < 4.78 is 50.1. The maximum absolute atomic E-state index is 13.7. The third-order valence-corrected chi connectivity index (χ3v) is 4.82. The van der Waals surface area contributed by atoms with Crippen LogP contribution in [0.15, 0.2) is 35.3 Å². The second kappa shape index (κ2) is 8.82. The molecule has 0 fully saturated rings. The average molecular weight is 419 g/mol. The molecule has 2 amide bonds. The first kappa shape index (κ1) is 22.0. The highest BCUT2D eigenvalue weighted by Crippen LogP contribution is 2.34. The van der Waals surface area contributed by atoms with Crippen molar-refractivity contribution in [3.05, 3.63) is 30.3 Å². The number of halogens is 3. The summed E-state index contributed by atoms with van der Waals surface area (Å²) in [5, 5.41) is 1.93. The van der Waals surface area contributed by atoms with Gasteiger partial charge < -0.3 is 9.47 Å². The van der Waals surface area contributed by atoms with E-state index in [9.17, 15) is 22.8 Å². The number of thioether (sulfide) groups is 1. The number of anilines is 1. The predicted molar refractivity (Wildman–Crippen MR) is 99.2 cm³/mol. The van der Waals surface area contributed by atoms with Gasteiger partial charge in [0.05, 0.1) is 18.8 Å². The number of hydrogen-bond acceptors (Lipinski definition) is 6. The molecule has 1 aliphatic rings. The Morgan fingerprint density at radius 2 is 1.96 bits per heavy atom. The number of nitrogens with zero attached hydrogens (tertiary/aromatic N) is 2. The van der Waals surface area contributed by atoms with Crippen LogP contribution in [-0.4, -0.2) is 54.6 Å². The molecule has 1 aromatic rings. The van der Waals surface area contributed by atoms with Crippen molar-refractivity contribution in [2.75, 3.05) is 25.2 Å². The Labute approximate surface area is 164 Å². The van der Waals surface area contributed by atoms with E-state index in [1.54, 1.807) is 23.5 Å². The van der Waals surface area contributed by atoms with Gasteiger partial charge in [-0.25, -0.2) is 14.5 Å². The van der Waals surface area contributed by atoms with Crippen molar-refractivity contribution in [3.8, 4) is 0 Å². The lowest BCUT2D eigenvalue weighted by Gasteiger charge is -2.34. The summed E-state index contributed by atoms with van der Waals surface area (Å²) in [4.78, 5) is 30.2. The summed E-state index contributed by atoms with van der Waals surface area (Å²) in [6.07, 6.45) is -5.26. The Balaban J connectivity index is 2.43. The molecule has 11 heteroatoms. The first-order valence-electron chi connectivity index (χ1n) is 8.33. The van der Waals surface area contributed by atoms with Crippen LogP contribution in [0.4, 0.5) is 23.7 Å². The minimum absolute atomic E-state index is 0.0499. The number of carbonyl (C=O) groups excluding carboxylic acids is 2. The number of rotatable bonds is 5. The molecule has 1 aromatic carbocycles. The lowest BCUT2D eigenvalue weighted by Crippen LogP contribution is -2.68. The summed E-state index contributed by atoms with van der Waals surface area (Å²) in [5.74, 6) is -1.76. The molecule has 0 saturated heterocycles. The lowest BCUT2D eigenvalue weighted by molar-refractivity contribution is -0.276. The van der Waals surface area contributed by atoms with Gasteiger partial charge in [0.2, 0.25) is 0 Å². The second-order valence-corrected chi connectivity index (χ2v) is 7.16. The molecule has 28 heavy (non-hydrogen) atoms. The van der Waals surface area contributed by atoms with Gasteiger partial charge in [-0.2, -0.15) is 13.2 Å². The SMILES string of the molecule is CCOC(=O)[C@@](NC(=O)N(C1=NC[C@H](C)S1)c1ccccc1)(OC)C(F)(F)F. The maximum atomic E-state index is 13.7. The molecule has 2 atom stereocenters. The van der Waals surface area contributed by atoms with E-state index in [0.717, 1.165) is 4.90 Å². The topological polar surface area (TPSA) is 80.2 Å². The largest absolute Gasteiger partial charge is 0.462 e. The van der Waals surface area contributed by atoms with E-state index < -0.39 is 23.9 Å². The summed E-state index contributed by atoms with van der Waals surface area (Å²) in [6.45, 7) is 3.30. The van der Waals surface area contributed by atoms with E-state index in [2.05, 4.69) is 14.5 Å². The highest BCUT2D eigenvalue weighted by molar-refractivity contribution is 8.15. The third-order valence-electron chi connectivity index (χ3n) is 3.75. The zero-order valence-electron chi connectivity index (χ0n) is 15.4. The molecular formula is C17H20F3N3O4S. The zero-order chi connectivity index (χ0) is 20.9. The first-order valence-corrected chi connectivity index (χ1v) is 9.21. The number of aliphatic imine (C=N–C) groups is 1. The van der Waals surface area contributed by atoms with Gasteiger partial charge in [-0.3, -0.25) is 10.3 Å². The average Bonchev–Trinajstić information content (AvgIpc) is 3.05. The van der Waals surface area contributed by atoms with Gasteiger partial charge in [0.25, 0.3) is 0 Å². The number of urea groups is 1. The van der Waals surface area contributed by atoms with Crippen molar-refractivity contribution in [2.24, 2.45) is 4.99 Å². The monoisotopic (exact) mass is 419 g/mol. The predicted octanol–water partition coefficient (Wildman–Crippen LogP) is 3.16. The number of esters is 1. The van der Waals surface area contributed by atoms with Crippen LogP contribution < -0.4 is 10.2 Å². The molecule has 154 valence electrons. The number of alkyl halides is 3. The van der Waals surface area contributed by atoms with Crippen LogP contribution >= 0.6 is 11.8 Å². The number of hydrogen-bond donors (Lipinski definition) is 1. The van der Waals surface area contributed by atoms with Gasteiger partial charge in [-0.15, -0.1) is 0 Å². The van der Waals surface area contributed by atoms with Crippen LogP contribution in [-0.2, 0) is 14.3 Å². The standard InChI is InChI=1S/C17H20F3N3O4S/c1-4-27-13(24)16(26-3,17(18,19)20)22-14(25)23(12-8-6-5-7-9-12)15-21-10-11(2)28-15/h5-9,11H,4,10H2,1-3H3,(H,22,25)/t11-,16+/m0/s1. The van der Waals surface area contributed by atoms with Crippen molar-refractivity contribution in [1.82, 2.24) is 5.32 Å². The van der Waals surface area contributed by atoms with Crippen LogP contribution in [0.2, 0.25) is 0 Å².